The van der Waals surface area contributed by atoms with E-state index in [0.717, 1.165) is 16.9 Å². The van der Waals surface area contributed by atoms with Gasteiger partial charge in [0.05, 0.1) is 11.4 Å². The predicted octanol–water partition coefficient (Wildman–Crippen LogP) is 4.32. The van der Waals surface area contributed by atoms with E-state index in [-0.39, 0.29) is 5.91 Å². The number of hydrogen-bond acceptors (Lipinski definition) is 4. The molecule has 0 atom stereocenters. The summed E-state index contributed by atoms with van der Waals surface area (Å²) in [5.41, 5.74) is 4.15. The second-order valence-electron chi connectivity index (χ2n) is 5.34. The van der Waals surface area contributed by atoms with E-state index >= 15 is 0 Å². The fourth-order valence-corrected chi connectivity index (χ4v) is 2.38. The smallest absolute Gasteiger partial charge is 0.221 e. The molecule has 0 radical (unpaired) electrons. The number of aryl methyl sites for hydroxylation is 2. The van der Waals surface area contributed by atoms with Gasteiger partial charge in [0.25, 0.3) is 0 Å². The first kappa shape index (κ1) is 14.9. The largest absolute Gasteiger partial charge is 0.326 e. The normalized spacial score (nSPS) is 11.3. The van der Waals surface area contributed by atoms with Gasteiger partial charge in [-0.05, 0) is 43.7 Å². The van der Waals surface area contributed by atoms with Crippen LogP contribution in [0.4, 0.5) is 17.2 Å². The first-order chi connectivity index (χ1) is 11.0. The number of azo groups is 1. The van der Waals surface area contributed by atoms with Gasteiger partial charge in [0, 0.05) is 18.8 Å². The lowest BCUT2D eigenvalue weighted by molar-refractivity contribution is -0.114. The summed E-state index contributed by atoms with van der Waals surface area (Å²) in [6.45, 7) is 5.40. The van der Waals surface area contributed by atoms with Crippen LogP contribution in [0.1, 0.15) is 18.2 Å². The first-order valence-corrected chi connectivity index (χ1v) is 7.28. The zero-order valence-electron chi connectivity index (χ0n) is 13.2. The number of hydrogen-bond donors (Lipinski definition) is 1. The highest BCUT2D eigenvalue weighted by molar-refractivity contribution is 5.89. The van der Waals surface area contributed by atoms with E-state index in [9.17, 15) is 4.79 Å². The van der Waals surface area contributed by atoms with E-state index < -0.39 is 0 Å². The van der Waals surface area contributed by atoms with Gasteiger partial charge in [0.2, 0.25) is 5.91 Å². The van der Waals surface area contributed by atoms with Crippen LogP contribution in [0.15, 0.2) is 52.8 Å². The van der Waals surface area contributed by atoms with Gasteiger partial charge < -0.3 is 5.32 Å². The molecule has 0 bridgehead atoms. The third-order valence-corrected chi connectivity index (χ3v) is 3.41. The maximum atomic E-state index is 11.1. The molecule has 2 aromatic heterocycles. The summed E-state index contributed by atoms with van der Waals surface area (Å²) in [5.74, 6) is 0.584. The summed E-state index contributed by atoms with van der Waals surface area (Å²) >= 11 is 0. The van der Waals surface area contributed by atoms with E-state index in [4.69, 9.17) is 0 Å². The summed E-state index contributed by atoms with van der Waals surface area (Å²) in [7, 11) is 0. The highest BCUT2D eigenvalue weighted by Gasteiger charge is 2.09. The molecular weight excluding hydrogens is 290 g/mol. The van der Waals surface area contributed by atoms with Crippen LogP contribution < -0.4 is 5.32 Å². The molecule has 2 heterocycles. The fraction of sp³-hybridized carbons (Fsp3) is 0.176. The van der Waals surface area contributed by atoms with Crippen LogP contribution in [0.3, 0.4) is 0 Å². The van der Waals surface area contributed by atoms with Crippen LogP contribution in [0.25, 0.3) is 5.65 Å². The number of pyridine rings is 1. The van der Waals surface area contributed by atoms with Crippen LogP contribution in [0.2, 0.25) is 0 Å². The minimum Gasteiger partial charge on any atom is -0.326 e. The number of carbonyl (C=O) groups is 1. The predicted molar refractivity (Wildman–Crippen MR) is 89.6 cm³/mol. The summed E-state index contributed by atoms with van der Waals surface area (Å²) in [5, 5.41) is 11.3. The second-order valence-corrected chi connectivity index (χ2v) is 5.34. The topological polar surface area (TPSA) is 71.1 Å². The summed E-state index contributed by atoms with van der Waals surface area (Å²) in [4.78, 5) is 15.6. The van der Waals surface area contributed by atoms with E-state index in [2.05, 4.69) is 20.5 Å². The molecule has 3 rings (SSSR count). The average Bonchev–Trinajstić information content (AvgIpc) is 2.82. The maximum absolute atomic E-state index is 11.1. The summed E-state index contributed by atoms with van der Waals surface area (Å²) in [6, 6.07) is 11.2. The Labute approximate surface area is 133 Å². The van der Waals surface area contributed by atoms with Crippen molar-refractivity contribution in [2.75, 3.05) is 5.32 Å². The van der Waals surface area contributed by atoms with Crippen LogP contribution in [-0.4, -0.2) is 15.3 Å². The van der Waals surface area contributed by atoms with E-state index in [1.165, 1.54) is 6.92 Å². The number of imidazole rings is 1. The highest BCUT2D eigenvalue weighted by Crippen LogP contribution is 2.25. The fourth-order valence-electron chi connectivity index (χ4n) is 2.38. The standard InChI is InChI=1S/C17H17N5O/c1-11-6-5-9-22-16(11)18-12(2)17(22)21-20-15-8-4-7-14(10-15)19-13(3)23/h4-10H,1-3H3,(H,19,23). The van der Waals surface area contributed by atoms with E-state index in [0.29, 0.717) is 17.2 Å². The number of carbonyl (C=O) groups excluding carboxylic acids is 1. The molecule has 0 saturated heterocycles. The number of rotatable bonds is 3. The van der Waals surface area contributed by atoms with Crippen LogP contribution in [0, 0.1) is 13.8 Å². The highest BCUT2D eigenvalue weighted by atomic mass is 16.1. The second kappa shape index (κ2) is 6.00. The summed E-state index contributed by atoms with van der Waals surface area (Å²) in [6.07, 6.45) is 1.92. The van der Waals surface area contributed by atoms with Crippen LogP contribution >= 0.6 is 0 Å². The molecule has 1 amide bonds. The molecule has 6 nitrogen and oxygen atoms in total. The molecule has 0 saturated carbocycles. The molecule has 23 heavy (non-hydrogen) atoms. The lowest BCUT2D eigenvalue weighted by atomic mass is 10.3. The molecule has 0 aliphatic rings. The molecule has 0 fully saturated rings. The van der Waals surface area contributed by atoms with Gasteiger partial charge in [-0.1, -0.05) is 12.1 Å². The van der Waals surface area contributed by atoms with E-state index in [1.807, 2.05) is 54.8 Å². The first-order valence-electron chi connectivity index (χ1n) is 7.28. The molecule has 6 heteroatoms. The van der Waals surface area contributed by atoms with Crippen molar-refractivity contribution >= 4 is 28.7 Å². The Bertz CT molecular complexity index is 910. The SMILES string of the molecule is CC(=O)Nc1cccc(N=Nc2c(C)nc3c(C)cccn23)c1. The average molecular weight is 307 g/mol. The van der Waals surface area contributed by atoms with Crippen molar-refractivity contribution in [2.45, 2.75) is 20.8 Å². The van der Waals surface area contributed by atoms with Gasteiger partial charge in [-0.2, -0.15) is 0 Å². The molecule has 1 aromatic carbocycles. The molecule has 3 aromatic rings. The summed E-state index contributed by atoms with van der Waals surface area (Å²) < 4.78 is 1.92. The van der Waals surface area contributed by atoms with Gasteiger partial charge in [0.1, 0.15) is 5.65 Å². The number of benzene rings is 1. The maximum Gasteiger partial charge on any atom is 0.221 e. The number of aromatic nitrogens is 2. The lowest BCUT2D eigenvalue weighted by Gasteiger charge is -2.02. The number of anilines is 1. The van der Waals surface area contributed by atoms with Gasteiger partial charge in [-0.25, -0.2) is 4.98 Å². The molecule has 0 aliphatic carbocycles. The van der Waals surface area contributed by atoms with Crippen molar-refractivity contribution in [3.63, 3.8) is 0 Å². The quantitative estimate of drug-likeness (QED) is 0.732. The minimum absolute atomic E-state index is 0.118. The number of nitrogens with one attached hydrogen (secondary N) is 1. The molecule has 0 unspecified atom stereocenters. The third-order valence-electron chi connectivity index (χ3n) is 3.41. The molecule has 0 spiro atoms. The molecule has 116 valence electrons. The Morgan fingerprint density at radius 1 is 1.17 bits per heavy atom. The van der Waals surface area contributed by atoms with Crippen molar-refractivity contribution in [3.8, 4) is 0 Å². The monoisotopic (exact) mass is 307 g/mol. The Balaban J connectivity index is 1.96. The van der Waals surface area contributed by atoms with Crippen molar-refractivity contribution < 1.29 is 4.79 Å². The third kappa shape index (κ3) is 3.11. The van der Waals surface area contributed by atoms with Crippen molar-refractivity contribution in [1.82, 2.24) is 9.38 Å². The Morgan fingerprint density at radius 2 is 2.00 bits per heavy atom. The van der Waals surface area contributed by atoms with Gasteiger partial charge in [-0.15, -0.1) is 10.2 Å². The lowest BCUT2D eigenvalue weighted by Crippen LogP contribution is -2.04. The molecule has 1 N–H and O–H groups in total. The number of fused-ring (bicyclic) bond motifs is 1. The van der Waals surface area contributed by atoms with Gasteiger partial charge in [0.15, 0.2) is 5.82 Å². The zero-order valence-corrected chi connectivity index (χ0v) is 13.2. The number of nitrogens with zero attached hydrogens (tertiary/aromatic N) is 4. The van der Waals surface area contributed by atoms with Crippen molar-refractivity contribution in [2.24, 2.45) is 10.2 Å². The molecular formula is C17H17N5O. The van der Waals surface area contributed by atoms with Gasteiger partial charge >= 0.3 is 0 Å². The van der Waals surface area contributed by atoms with Gasteiger partial charge in [-0.3, -0.25) is 9.20 Å². The van der Waals surface area contributed by atoms with Crippen LogP contribution in [-0.2, 0) is 4.79 Å². The van der Waals surface area contributed by atoms with E-state index in [1.54, 1.807) is 6.07 Å². The Kier molecular flexibility index (Phi) is 3.89. The van der Waals surface area contributed by atoms with Crippen molar-refractivity contribution in [3.05, 3.63) is 53.9 Å². The zero-order chi connectivity index (χ0) is 16.4. The van der Waals surface area contributed by atoms with Crippen LogP contribution in [0.5, 0.6) is 0 Å². The minimum atomic E-state index is -0.118. The Hall–Kier alpha value is -3.02. The van der Waals surface area contributed by atoms with Crippen molar-refractivity contribution in [1.29, 1.82) is 0 Å². The number of amides is 1. The molecule has 0 aliphatic heterocycles. The Morgan fingerprint density at radius 3 is 2.78 bits per heavy atom.